The predicted octanol–water partition coefficient (Wildman–Crippen LogP) is 1.94. The topological polar surface area (TPSA) is 41.8 Å². The van der Waals surface area contributed by atoms with Crippen LogP contribution in [-0.4, -0.2) is 18.1 Å². The summed E-state index contributed by atoms with van der Waals surface area (Å²) in [6, 6.07) is 6.51. The van der Waals surface area contributed by atoms with Crippen molar-refractivity contribution < 1.29 is 9.84 Å². The summed E-state index contributed by atoms with van der Waals surface area (Å²) in [5.41, 5.74) is 0.646. The number of benzene rings is 1. The van der Waals surface area contributed by atoms with E-state index in [0.717, 1.165) is 0 Å². The molecule has 0 aliphatic carbocycles. The molecule has 0 aromatic heterocycles. The number of ether oxygens (including phenoxy) is 1. The standard InChI is InChI=1S/C8H8ClNO2/c1-12-8(10-9)6-3-2-4-7(11)5-6/h2-5,11H,1H3/b10-8-. The van der Waals surface area contributed by atoms with Crippen LogP contribution in [0.1, 0.15) is 5.56 Å². The van der Waals surface area contributed by atoms with E-state index in [-0.39, 0.29) is 11.6 Å². The highest BCUT2D eigenvalue weighted by Crippen LogP contribution is 2.12. The quantitative estimate of drug-likeness (QED) is 0.537. The van der Waals surface area contributed by atoms with Crippen LogP contribution < -0.4 is 0 Å². The Bertz CT molecular complexity index is 299. The molecule has 1 aromatic carbocycles. The van der Waals surface area contributed by atoms with Gasteiger partial charge in [-0.15, -0.1) is 4.51 Å². The first-order valence-electron chi connectivity index (χ1n) is 3.30. The van der Waals surface area contributed by atoms with E-state index in [9.17, 15) is 0 Å². The number of methoxy groups -OCH3 is 1. The molecule has 64 valence electrons. The van der Waals surface area contributed by atoms with Crippen LogP contribution in [0.3, 0.4) is 0 Å². The van der Waals surface area contributed by atoms with Gasteiger partial charge in [0.1, 0.15) is 5.75 Å². The lowest BCUT2D eigenvalue weighted by Gasteiger charge is -2.02. The molecule has 0 aliphatic rings. The second kappa shape index (κ2) is 3.97. The maximum atomic E-state index is 9.10. The van der Waals surface area contributed by atoms with Crippen molar-refractivity contribution in [2.75, 3.05) is 7.11 Å². The normalized spacial score (nSPS) is 11.3. The van der Waals surface area contributed by atoms with E-state index in [1.807, 2.05) is 0 Å². The molecule has 0 fully saturated rings. The molecule has 0 saturated carbocycles. The van der Waals surface area contributed by atoms with Gasteiger partial charge in [0.05, 0.1) is 7.11 Å². The van der Waals surface area contributed by atoms with Gasteiger partial charge in [0.2, 0.25) is 5.90 Å². The lowest BCUT2D eigenvalue weighted by atomic mass is 10.2. The molecule has 3 nitrogen and oxygen atoms in total. The minimum absolute atomic E-state index is 0.155. The van der Waals surface area contributed by atoms with Gasteiger partial charge in [-0.1, -0.05) is 6.07 Å². The van der Waals surface area contributed by atoms with Crippen molar-refractivity contribution >= 4 is 17.7 Å². The number of nitrogens with zero attached hydrogens (tertiary/aromatic N) is 1. The molecule has 0 spiro atoms. The van der Waals surface area contributed by atoms with Crippen molar-refractivity contribution in [3.05, 3.63) is 29.8 Å². The first-order chi connectivity index (χ1) is 5.77. The molecule has 0 unspecified atom stereocenters. The average Bonchev–Trinajstić information content (AvgIpc) is 2.07. The van der Waals surface area contributed by atoms with E-state index in [1.54, 1.807) is 18.2 Å². The smallest absolute Gasteiger partial charge is 0.233 e. The first kappa shape index (κ1) is 8.87. The van der Waals surface area contributed by atoms with Gasteiger partial charge in [0.25, 0.3) is 0 Å². The second-order valence-corrected chi connectivity index (χ2v) is 2.31. The van der Waals surface area contributed by atoms with E-state index in [2.05, 4.69) is 4.51 Å². The van der Waals surface area contributed by atoms with Gasteiger partial charge in [-0.2, -0.15) is 0 Å². The summed E-state index contributed by atoms with van der Waals surface area (Å²) in [6.07, 6.45) is 0. The molecular weight excluding hydrogens is 178 g/mol. The Morgan fingerprint density at radius 2 is 2.33 bits per heavy atom. The molecule has 1 aromatic rings. The van der Waals surface area contributed by atoms with Crippen LogP contribution in [0, 0.1) is 0 Å². The minimum Gasteiger partial charge on any atom is -0.508 e. The van der Waals surface area contributed by atoms with Crippen molar-refractivity contribution in [3.63, 3.8) is 0 Å². The summed E-state index contributed by atoms with van der Waals surface area (Å²) in [5.74, 6) is 0.440. The maximum Gasteiger partial charge on any atom is 0.233 e. The van der Waals surface area contributed by atoms with Crippen LogP contribution in [-0.2, 0) is 4.74 Å². The summed E-state index contributed by atoms with van der Waals surface area (Å²) in [5, 5.41) is 9.10. The van der Waals surface area contributed by atoms with Crippen molar-refractivity contribution in [2.45, 2.75) is 0 Å². The Balaban J connectivity index is 3.02. The molecule has 0 heterocycles. The second-order valence-electron chi connectivity index (χ2n) is 2.14. The summed E-state index contributed by atoms with van der Waals surface area (Å²) in [4.78, 5) is 0. The third kappa shape index (κ3) is 1.89. The van der Waals surface area contributed by atoms with Crippen molar-refractivity contribution in [3.8, 4) is 5.75 Å². The van der Waals surface area contributed by atoms with Crippen molar-refractivity contribution in [1.82, 2.24) is 0 Å². The Hall–Kier alpha value is -1.22. The molecule has 0 atom stereocenters. The van der Waals surface area contributed by atoms with Crippen LogP contribution in [0.2, 0.25) is 0 Å². The summed E-state index contributed by atoms with van der Waals surface area (Å²) >= 11 is 5.24. The molecule has 0 saturated heterocycles. The van der Waals surface area contributed by atoms with Gasteiger partial charge in [-0.25, -0.2) is 0 Å². The van der Waals surface area contributed by atoms with E-state index in [1.165, 1.54) is 13.2 Å². The van der Waals surface area contributed by atoms with Gasteiger partial charge in [-0.3, -0.25) is 0 Å². The molecular formula is C8H8ClNO2. The fourth-order valence-electron chi connectivity index (χ4n) is 0.840. The number of hydrogen-bond acceptors (Lipinski definition) is 3. The molecule has 0 radical (unpaired) electrons. The first-order valence-corrected chi connectivity index (χ1v) is 3.64. The number of aromatic hydroxyl groups is 1. The molecule has 12 heavy (non-hydrogen) atoms. The summed E-state index contributed by atoms with van der Waals surface area (Å²) in [7, 11) is 1.46. The van der Waals surface area contributed by atoms with Crippen LogP contribution in [0.25, 0.3) is 0 Å². The Labute approximate surface area is 75.4 Å². The van der Waals surface area contributed by atoms with Gasteiger partial charge in [0.15, 0.2) is 0 Å². The van der Waals surface area contributed by atoms with Crippen LogP contribution >= 0.6 is 11.8 Å². The number of phenolic OH excluding ortho intramolecular Hbond substituents is 1. The lowest BCUT2D eigenvalue weighted by molar-refractivity contribution is 0.405. The van der Waals surface area contributed by atoms with Crippen LogP contribution in [0.5, 0.6) is 5.75 Å². The molecule has 0 bridgehead atoms. The molecule has 1 rings (SSSR count). The van der Waals surface area contributed by atoms with E-state index in [0.29, 0.717) is 5.56 Å². The fourth-order valence-corrected chi connectivity index (χ4v) is 1.01. The van der Waals surface area contributed by atoms with Gasteiger partial charge in [0, 0.05) is 17.3 Å². The number of hydrogen-bond donors (Lipinski definition) is 1. The van der Waals surface area contributed by atoms with Gasteiger partial charge >= 0.3 is 0 Å². The average molecular weight is 186 g/mol. The zero-order chi connectivity index (χ0) is 8.97. The monoisotopic (exact) mass is 185 g/mol. The predicted molar refractivity (Wildman–Crippen MR) is 47.5 cm³/mol. The highest BCUT2D eigenvalue weighted by Gasteiger charge is 2.02. The van der Waals surface area contributed by atoms with Crippen LogP contribution in [0.4, 0.5) is 0 Å². The SMILES string of the molecule is CO/C(=N\Cl)c1cccc(O)c1. The molecule has 1 N–H and O–H groups in total. The van der Waals surface area contributed by atoms with Crippen molar-refractivity contribution in [2.24, 2.45) is 4.51 Å². The number of halogens is 1. The van der Waals surface area contributed by atoms with Gasteiger partial charge < -0.3 is 9.84 Å². The number of phenols is 1. The highest BCUT2D eigenvalue weighted by atomic mass is 35.5. The van der Waals surface area contributed by atoms with Crippen LogP contribution in [0.15, 0.2) is 28.8 Å². The third-order valence-corrected chi connectivity index (χ3v) is 1.52. The minimum atomic E-state index is 0.155. The maximum absolute atomic E-state index is 9.10. The zero-order valence-corrected chi connectivity index (χ0v) is 7.25. The molecule has 4 heteroatoms. The van der Waals surface area contributed by atoms with E-state index >= 15 is 0 Å². The highest BCUT2D eigenvalue weighted by molar-refractivity contribution is 6.21. The van der Waals surface area contributed by atoms with E-state index < -0.39 is 0 Å². The van der Waals surface area contributed by atoms with Crippen molar-refractivity contribution in [1.29, 1.82) is 0 Å². The molecule has 0 aliphatic heterocycles. The Kier molecular flexibility index (Phi) is 2.94. The third-order valence-electron chi connectivity index (χ3n) is 1.36. The number of rotatable bonds is 1. The Morgan fingerprint density at radius 3 is 2.83 bits per heavy atom. The van der Waals surface area contributed by atoms with Gasteiger partial charge in [-0.05, 0) is 18.2 Å². The summed E-state index contributed by atoms with van der Waals surface area (Å²) in [6.45, 7) is 0. The largest absolute Gasteiger partial charge is 0.508 e. The Morgan fingerprint density at radius 1 is 1.58 bits per heavy atom. The fraction of sp³-hybridized carbons (Fsp3) is 0.125. The summed E-state index contributed by atoms with van der Waals surface area (Å²) < 4.78 is 8.22. The lowest BCUT2D eigenvalue weighted by Crippen LogP contribution is -2.01. The van der Waals surface area contributed by atoms with E-state index in [4.69, 9.17) is 21.6 Å². The molecule has 0 amide bonds. The zero-order valence-electron chi connectivity index (χ0n) is 6.49.